The number of pyridine rings is 1. The predicted octanol–water partition coefficient (Wildman–Crippen LogP) is 3.50. The fourth-order valence-corrected chi connectivity index (χ4v) is 4.26. The molecule has 1 amide bonds. The Balaban J connectivity index is 1.84. The van der Waals surface area contributed by atoms with Gasteiger partial charge in [0.1, 0.15) is 9.71 Å². The van der Waals surface area contributed by atoms with Gasteiger partial charge in [0.25, 0.3) is 5.91 Å². The van der Waals surface area contributed by atoms with E-state index in [4.69, 9.17) is 5.73 Å². The fraction of sp³-hybridized carbons (Fsp3) is 0.500. The van der Waals surface area contributed by atoms with E-state index in [0.717, 1.165) is 15.8 Å². The summed E-state index contributed by atoms with van der Waals surface area (Å²) < 4.78 is 0. The molecule has 0 aromatic carbocycles. The van der Waals surface area contributed by atoms with Gasteiger partial charge in [-0.05, 0) is 44.2 Å². The van der Waals surface area contributed by atoms with Crippen LogP contribution < -0.4 is 11.1 Å². The van der Waals surface area contributed by atoms with Crippen molar-refractivity contribution >= 4 is 33.1 Å². The van der Waals surface area contributed by atoms with Crippen LogP contribution in [0.5, 0.6) is 0 Å². The first-order chi connectivity index (χ1) is 10.1. The van der Waals surface area contributed by atoms with Crippen molar-refractivity contribution in [2.24, 2.45) is 5.92 Å². The van der Waals surface area contributed by atoms with Gasteiger partial charge in [0.2, 0.25) is 0 Å². The van der Waals surface area contributed by atoms with Gasteiger partial charge in [0, 0.05) is 17.6 Å². The molecule has 112 valence electrons. The Morgan fingerprint density at radius 3 is 2.86 bits per heavy atom. The molecule has 1 unspecified atom stereocenters. The van der Waals surface area contributed by atoms with Crippen molar-refractivity contribution in [3.63, 3.8) is 0 Å². The molecule has 1 aliphatic carbocycles. The molecule has 1 saturated carbocycles. The number of rotatable bonds is 3. The largest absolute Gasteiger partial charge is 0.397 e. The standard InChI is InChI=1S/C16H21N3OS/c1-9-7-8-18-16-12(9)13(17)14(21-16)15(20)19-10(2)11-5-3-4-6-11/h7-8,10-11H,3-6,17H2,1-2H3,(H,19,20). The lowest BCUT2D eigenvalue weighted by Gasteiger charge is -2.20. The van der Waals surface area contributed by atoms with Gasteiger partial charge in [-0.15, -0.1) is 11.3 Å². The topological polar surface area (TPSA) is 68.0 Å². The lowest BCUT2D eigenvalue weighted by Crippen LogP contribution is -2.37. The van der Waals surface area contributed by atoms with Gasteiger partial charge in [0.15, 0.2) is 0 Å². The number of carbonyl (C=O) groups excluding carboxylic acids is 1. The number of carbonyl (C=O) groups is 1. The maximum absolute atomic E-state index is 12.5. The molecule has 0 saturated heterocycles. The van der Waals surface area contributed by atoms with E-state index in [1.165, 1.54) is 37.0 Å². The van der Waals surface area contributed by atoms with Crippen LogP contribution in [0.2, 0.25) is 0 Å². The van der Waals surface area contributed by atoms with E-state index >= 15 is 0 Å². The Morgan fingerprint density at radius 1 is 1.48 bits per heavy atom. The first kappa shape index (κ1) is 14.3. The van der Waals surface area contributed by atoms with Crippen LogP contribution in [-0.2, 0) is 0 Å². The van der Waals surface area contributed by atoms with Gasteiger partial charge >= 0.3 is 0 Å². The van der Waals surface area contributed by atoms with Crippen molar-refractivity contribution in [1.82, 2.24) is 10.3 Å². The van der Waals surface area contributed by atoms with Crippen molar-refractivity contribution < 1.29 is 4.79 Å². The van der Waals surface area contributed by atoms with Gasteiger partial charge in [-0.25, -0.2) is 4.98 Å². The predicted molar refractivity (Wildman–Crippen MR) is 87.7 cm³/mol. The van der Waals surface area contributed by atoms with Crippen LogP contribution in [0.15, 0.2) is 12.3 Å². The Kier molecular flexibility index (Phi) is 3.85. The summed E-state index contributed by atoms with van der Waals surface area (Å²) in [7, 11) is 0. The van der Waals surface area contributed by atoms with Crippen LogP contribution in [0, 0.1) is 12.8 Å². The summed E-state index contributed by atoms with van der Waals surface area (Å²) in [5.41, 5.74) is 7.81. The van der Waals surface area contributed by atoms with E-state index in [1.807, 2.05) is 13.0 Å². The minimum atomic E-state index is -0.0608. The van der Waals surface area contributed by atoms with Crippen LogP contribution in [-0.4, -0.2) is 16.9 Å². The minimum Gasteiger partial charge on any atom is -0.397 e. The van der Waals surface area contributed by atoms with E-state index < -0.39 is 0 Å². The molecule has 1 atom stereocenters. The first-order valence-electron chi connectivity index (χ1n) is 7.52. The van der Waals surface area contributed by atoms with Gasteiger partial charge < -0.3 is 11.1 Å². The minimum absolute atomic E-state index is 0.0608. The summed E-state index contributed by atoms with van der Waals surface area (Å²) in [5.74, 6) is 0.540. The maximum atomic E-state index is 12.5. The maximum Gasteiger partial charge on any atom is 0.263 e. The third kappa shape index (κ3) is 2.62. The molecule has 2 aromatic rings. The van der Waals surface area contributed by atoms with Crippen LogP contribution >= 0.6 is 11.3 Å². The number of amides is 1. The number of fused-ring (bicyclic) bond motifs is 1. The van der Waals surface area contributed by atoms with Crippen LogP contribution in [0.3, 0.4) is 0 Å². The van der Waals surface area contributed by atoms with E-state index in [1.54, 1.807) is 6.20 Å². The van der Waals surface area contributed by atoms with Crippen molar-refractivity contribution in [3.05, 3.63) is 22.7 Å². The summed E-state index contributed by atoms with van der Waals surface area (Å²) >= 11 is 1.38. The summed E-state index contributed by atoms with van der Waals surface area (Å²) in [6.45, 7) is 4.09. The number of nitrogens with one attached hydrogen (secondary N) is 1. The average Bonchev–Trinajstić information content (AvgIpc) is 3.07. The number of nitrogens with zero attached hydrogens (tertiary/aromatic N) is 1. The Bertz CT molecular complexity index is 673. The molecule has 0 spiro atoms. The van der Waals surface area contributed by atoms with Crippen LogP contribution in [0.1, 0.15) is 47.8 Å². The highest BCUT2D eigenvalue weighted by molar-refractivity contribution is 7.21. The Hall–Kier alpha value is -1.62. The van der Waals surface area contributed by atoms with E-state index in [-0.39, 0.29) is 11.9 Å². The first-order valence-corrected chi connectivity index (χ1v) is 8.34. The molecular formula is C16H21N3OS. The second-order valence-corrected chi connectivity index (χ2v) is 6.96. The zero-order chi connectivity index (χ0) is 15.0. The molecule has 2 heterocycles. The quantitative estimate of drug-likeness (QED) is 0.912. The smallest absolute Gasteiger partial charge is 0.263 e. The highest BCUT2D eigenvalue weighted by Gasteiger charge is 2.25. The van der Waals surface area contributed by atoms with Gasteiger partial charge in [-0.1, -0.05) is 12.8 Å². The number of anilines is 1. The summed E-state index contributed by atoms with van der Waals surface area (Å²) in [5, 5.41) is 4.04. The number of nitrogen functional groups attached to an aromatic ring is 1. The number of hydrogen-bond donors (Lipinski definition) is 2. The van der Waals surface area contributed by atoms with Crippen molar-refractivity contribution in [2.45, 2.75) is 45.6 Å². The number of aromatic nitrogens is 1. The number of aryl methyl sites for hydroxylation is 1. The molecule has 21 heavy (non-hydrogen) atoms. The molecule has 0 radical (unpaired) electrons. The molecule has 3 N–H and O–H groups in total. The lowest BCUT2D eigenvalue weighted by atomic mass is 10.00. The molecule has 1 aliphatic rings. The van der Waals surface area contributed by atoms with Crippen molar-refractivity contribution in [3.8, 4) is 0 Å². The van der Waals surface area contributed by atoms with Gasteiger partial charge in [-0.3, -0.25) is 4.79 Å². The molecule has 5 heteroatoms. The van der Waals surface area contributed by atoms with Crippen molar-refractivity contribution in [2.75, 3.05) is 5.73 Å². The number of thiophene rings is 1. The van der Waals surface area contributed by atoms with Gasteiger partial charge in [-0.2, -0.15) is 0 Å². The SMILES string of the molecule is Cc1ccnc2sc(C(=O)NC(C)C3CCCC3)c(N)c12. The highest BCUT2D eigenvalue weighted by Crippen LogP contribution is 2.34. The van der Waals surface area contributed by atoms with Crippen LogP contribution in [0.25, 0.3) is 10.2 Å². The Morgan fingerprint density at radius 2 is 2.19 bits per heavy atom. The molecule has 0 bridgehead atoms. The highest BCUT2D eigenvalue weighted by atomic mass is 32.1. The van der Waals surface area contributed by atoms with E-state index in [0.29, 0.717) is 16.5 Å². The zero-order valence-corrected chi connectivity index (χ0v) is 13.3. The van der Waals surface area contributed by atoms with E-state index in [9.17, 15) is 4.79 Å². The number of nitrogens with two attached hydrogens (primary N) is 1. The van der Waals surface area contributed by atoms with Crippen molar-refractivity contribution in [1.29, 1.82) is 0 Å². The zero-order valence-electron chi connectivity index (χ0n) is 12.5. The fourth-order valence-electron chi connectivity index (χ4n) is 3.22. The molecule has 0 aliphatic heterocycles. The Labute approximate surface area is 128 Å². The van der Waals surface area contributed by atoms with Gasteiger partial charge in [0.05, 0.1) is 5.69 Å². The van der Waals surface area contributed by atoms with Crippen LogP contribution in [0.4, 0.5) is 5.69 Å². The normalized spacial score (nSPS) is 17.2. The van der Waals surface area contributed by atoms with E-state index in [2.05, 4.69) is 17.2 Å². The molecule has 4 nitrogen and oxygen atoms in total. The third-order valence-corrected chi connectivity index (χ3v) is 5.62. The number of hydrogen-bond acceptors (Lipinski definition) is 4. The second kappa shape index (κ2) is 5.64. The third-order valence-electron chi connectivity index (χ3n) is 4.51. The summed E-state index contributed by atoms with van der Waals surface area (Å²) in [6.07, 6.45) is 6.74. The molecule has 2 aromatic heterocycles. The molecular weight excluding hydrogens is 282 g/mol. The average molecular weight is 303 g/mol. The lowest BCUT2D eigenvalue weighted by molar-refractivity contribution is 0.0932. The monoisotopic (exact) mass is 303 g/mol. The second-order valence-electron chi connectivity index (χ2n) is 5.96. The molecule has 3 rings (SSSR count). The summed E-state index contributed by atoms with van der Waals surface area (Å²) in [6, 6.07) is 2.13. The summed E-state index contributed by atoms with van der Waals surface area (Å²) in [4.78, 5) is 18.3. The molecule has 1 fully saturated rings.